The highest BCUT2D eigenvalue weighted by Crippen LogP contribution is 2.15. The zero-order chi connectivity index (χ0) is 11.3. The van der Waals surface area contributed by atoms with E-state index in [1.807, 2.05) is 42.1 Å². The molecule has 1 unspecified atom stereocenters. The van der Waals surface area contributed by atoms with Crippen molar-refractivity contribution in [3.8, 4) is 0 Å². The quantitative estimate of drug-likeness (QED) is 0.774. The standard InChI is InChI=1S/C10H15NO3S/c1-9(8-15(12,13)11-14-2)10-6-4-3-5-7-10/h3-7,9,11H,8H2,1-2H3. The van der Waals surface area contributed by atoms with E-state index in [9.17, 15) is 8.42 Å². The molecule has 4 nitrogen and oxygen atoms in total. The second-order valence-corrected chi connectivity index (χ2v) is 5.11. The SMILES string of the molecule is CONS(=O)(=O)CC(C)c1ccccc1. The molecular formula is C10H15NO3S. The molecule has 0 aliphatic carbocycles. The second kappa shape index (κ2) is 5.25. The van der Waals surface area contributed by atoms with Crippen molar-refractivity contribution in [3.05, 3.63) is 35.9 Å². The van der Waals surface area contributed by atoms with Gasteiger partial charge in [0.05, 0.1) is 12.9 Å². The number of hydrogen-bond acceptors (Lipinski definition) is 3. The minimum absolute atomic E-state index is 0.0187. The Morgan fingerprint density at radius 2 is 1.93 bits per heavy atom. The Hall–Kier alpha value is -0.910. The highest BCUT2D eigenvalue weighted by molar-refractivity contribution is 7.89. The summed E-state index contributed by atoms with van der Waals surface area (Å²) in [4.78, 5) is 6.40. The molecule has 84 valence electrons. The molecule has 15 heavy (non-hydrogen) atoms. The summed E-state index contributed by atoms with van der Waals surface area (Å²) in [7, 11) is -2.07. The summed E-state index contributed by atoms with van der Waals surface area (Å²) in [5.74, 6) is -0.0379. The Bertz CT molecular complexity index is 388. The van der Waals surface area contributed by atoms with E-state index >= 15 is 0 Å². The molecule has 0 saturated carbocycles. The summed E-state index contributed by atoms with van der Waals surface area (Å²) in [6.45, 7) is 1.87. The van der Waals surface area contributed by atoms with Crippen LogP contribution in [-0.4, -0.2) is 21.3 Å². The fraction of sp³-hybridized carbons (Fsp3) is 0.400. The monoisotopic (exact) mass is 229 g/mol. The fourth-order valence-corrected chi connectivity index (χ4v) is 2.54. The lowest BCUT2D eigenvalue weighted by molar-refractivity contribution is 0.153. The number of nitrogens with one attached hydrogen (secondary N) is 1. The maximum absolute atomic E-state index is 11.4. The summed E-state index contributed by atoms with van der Waals surface area (Å²) < 4.78 is 22.8. The van der Waals surface area contributed by atoms with Crippen LogP contribution in [0.2, 0.25) is 0 Å². The first kappa shape index (κ1) is 12.2. The first-order chi connectivity index (χ1) is 7.05. The molecular weight excluding hydrogens is 214 g/mol. The molecule has 0 aromatic heterocycles. The van der Waals surface area contributed by atoms with Crippen molar-refractivity contribution in [2.75, 3.05) is 12.9 Å². The van der Waals surface area contributed by atoms with E-state index in [-0.39, 0.29) is 11.7 Å². The van der Waals surface area contributed by atoms with E-state index in [1.54, 1.807) is 0 Å². The van der Waals surface area contributed by atoms with Crippen LogP contribution in [-0.2, 0) is 14.9 Å². The largest absolute Gasteiger partial charge is 0.290 e. The van der Waals surface area contributed by atoms with Gasteiger partial charge >= 0.3 is 0 Å². The average Bonchev–Trinajstić information content (AvgIpc) is 2.18. The van der Waals surface area contributed by atoms with E-state index in [0.29, 0.717) is 0 Å². The Morgan fingerprint density at radius 3 is 2.47 bits per heavy atom. The first-order valence-electron chi connectivity index (χ1n) is 4.62. The van der Waals surface area contributed by atoms with Gasteiger partial charge in [0.1, 0.15) is 0 Å². The lowest BCUT2D eigenvalue weighted by Crippen LogP contribution is -2.27. The molecule has 0 bridgehead atoms. The highest BCUT2D eigenvalue weighted by atomic mass is 32.2. The van der Waals surface area contributed by atoms with Gasteiger partial charge in [-0.15, -0.1) is 0 Å². The van der Waals surface area contributed by atoms with Gasteiger partial charge in [-0.1, -0.05) is 42.1 Å². The fourth-order valence-electron chi connectivity index (χ4n) is 1.37. The second-order valence-electron chi connectivity index (χ2n) is 3.38. The zero-order valence-electron chi connectivity index (χ0n) is 8.80. The summed E-state index contributed by atoms with van der Waals surface area (Å²) in [6, 6.07) is 9.50. The first-order valence-corrected chi connectivity index (χ1v) is 6.28. The number of rotatable bonds is 5. The number of benzene rings is 1. The van der Waals surface area contributed by atoms with Crippen LogP contribution in [0.25, 0.3) is 0 Å². The minimum atomic E-state index is -3.35. The average molecular weight is 229 g/mol. The van der Waals surface area contributed by atoms with E-state index < -0.39 is 10.0 Å². The van der Waals surface area contributed by atoms with Crippen molar-refractivity contribution in [1.29, 1.82) is 0 Å². The van der Waals surface area contributed by atoms with Gasteiger partial charge < -0.3 is 0 Å². The van der Waals surface area contributed by atoms with Crippen LogP contribution in [0.5, 0.6) is 0 Å². The molecule has 0 saturated heterocycles. The summed E-state index contributed by atoms with van der Waals surface area (Å²) in [6.07, 6.45) is 0. The van der Waals surface area contributed by atoms with Crippen molar-refractivity contribution in [3.63, 3.8) is 0 Å². The predicted molar refractivity (Wildman–Crippen MR) is 58.8 cm³/mol. The summed E-state index contributed by atoms with van der Waals surface area (Å²) in [5, 5.41) is 0. The number of sulfonamides is 1. The van der Waals surface area contributed by atoms with Crippen molar-refractivity contribution in [2.24, 2.45) is 0 Å². The van der Waals surface area contributed by atoms with Gasteiger partial charge in [0, 0.05) is 0 Å². The van der Waals surface area contributed by atoms with Crippen LogP contribution in [0.15, 0.2) is 30.3 Å². The van der Waals surface area contributed by atoms with Crippen LogP contribution in [0.4, 0.5) is 0 Å². The maximum atomic E-state index is 11.4. The third kappa shape index (κ3) is 3.99. The zero-order valence-corrected chi connectivity index (χ0v) is 9.62. The molecule has 1 atom stereocenters. The van der Waals surface area contributed by atoms with E-state index in [4.69, 9.17) is 0 Å². The Kier molecular flexibility index (Phi) is 4.26. The van der Waals surface area contributed by atoms with Crippen molar-refractivity contribution < 1.29 is 13.3 Å². The van der Waals surface area contributed by atoms with E-state index in [1.165, 1.54) is 7.11 Å². The third-order valence-corrected chi connectivity index (χ3v) is 3.41. The molecule has 5 heteroatoms. The van der Waals surface area contributed by atoms with Crippen LogP contribution in [0.3, 0.4) is 0 Å². The molecule has 0 spiro atoms. The van der Waals surface area contributed by atoms with Crippen LogP contribution >= 0.6 is 0 Å². The molecule has 0 radical (unpaired) electrons. The lowest BCUT2D eigenvalue weighted by Gasteiger charge is -2.11. The van der Waals surface area contributed by atoms with Crippen molar-refractivity contribution >= 4 is 10.0 Å². The van der Waals surface area contributed by atoms with Crippen LogP contribution < -0.4 is 4.89 Å². The molecule has 0 heterocycles. The smallest absolute Gasteiger partial charge is 0.234 e. The molecule has 0 aliphatic heterocycles. The molecule has 0 fully saturated rings. The molecule has 1 N–H and O–H groups in total. The maximum Gasteiger partial charge on any atom is 0.234 e. The molecule has 1 aromatic rings. The van der Waals surface area contributed by atoms with Gasteiger partial charge in [-0.2, -0.15) is 0 Å². The molecule has 0 amide bonds. The Labute approximate surface area is 90.3 Å². The Balaban J connectivity index is 2.68. The van der Waals surface area contributed by atoms with Gasteiger partial charge in [-0.3, -0.25) is 4.84 Å². The molecule has 1 aromatic carbocycles. The summed E-state index contributed by atoms with van der Waals surface area (Å²) in [5.41, 5.74) is 0.999. The van der Waals surface area contributed by atoms with Crippen LogP contribution in [0, 0.1) is 0 Å². The molecule has 1 rings (SSSR count). The van der Waals surface area contributed by atoms with Gasteiger partial charge in [-0.25, -0.2) is 8.42 Å². The van der Waals surface area contributed by atoms with E-state index in [2.05, 4.69) is 4.84 Å². The summed E-state index contributed by atoms with van der Waals surface area (Å²) >= 11 is 0. The van der Waals surface area contributed by atoms with Crippen molar-refractivity contribution in [1.82, 2.24) is 4.89 Å². The molecule has 0 aliphatic rings. The van der Waals surface area contributed by atoms with Gasteiger partial charge in [-0.05, 0) is 11.5 Å². The predicted octanol–water partition coefficient (Wildman–Crippen LogP) is 1.27. The highest BCUT2D eigenvalue weighted by Gasteiger charge is 2.16. The van der Waals surface area contributed by atoms with Crippen LogP contribution in [0.1, 0.15) is 18.4 Å². The lowest BCUT2D eigenvalue weighted by atomic mass is 10.0. The third-order valence-electron chi connectivity index (χ3n) is 2.05. The van der Waals surface area contributed by atoms with Gasteiger partial charge in [0.15, 0.2) is 0 Å². The minimum Gasteiger partial charge on any atom is -0.290 e. The number of hydrogen-bond donors (Lipinski definition) is 1. The van der Waals surface area contributed by atoms with Crippen molar-refractivity contribution in [2.45, 2.75) is 12.8 Å². The van der Waals surface area contributed by atoms with E-state index in [0.717, 1.165) is 5.56 Å². The van der Waals surface area contributed by atoms with Gasteiger partial charge in [0.25, 0.3) is 0 Å². The normalized spacial score (nSPS) is 13.7. The Morgan fingerprint density at radius 1 is 1.33 bits per heavy atom. The van der Waals surface area contributed by atoms with Gasteiger partial charge in [0.2, 0.25) is 10.0 Å². The topological polar surface area (TPSA) is 55.4 Å².